The molecule has 0 radical (unpaired) electrons. The van der Waals surface area contributed by atoms with Crippen LogP contribution in [0, 0.1) is 5.82 Å². The Labute approximate surface area is 200 Å². The molecule has 0 aliphatic heterocycles. The fraction of sp³-hybridized carbons (Fsp3) is 0.227. The number of halogens is 4. The predicted molar refractivity (Wildman–Crippen MR) is 120 cm³/mol. The number of carbonyl (C=O) groups is 2. The molecule has 0 bridgehead atoms. The van der Waals surface area contributed by atoms with Crippen LogP contribution in [0.4, 0.5) is 28.2 Å². The van der Waals surface area contributed by atoms with Crippen molar-refractivity contribution in [1.29, 1.82) is 0 Å². The summed E-state index contributed by atoms with van der Waals surface area (Å²) in [6, 6.07) is 4.08. The summed E-state index contributed by atoms with van der Waals surface area (Å²) >= 11 is 0. The first-order valence-corrected chi connectivity index (χ1v) is 10.5. The summed E-state index contributed by atoms with van der Waals surface area (Å²) in [5, 5.41) is 5.68. The number of anilines is 1. The Bertz CT molecular complexity index is 1470. The van der Waals surface area contributed by atoms with Gasteiger partial charge in [-0.1, -0.05) is 0 Å². The van der Waals surface area contributed by atoms with Crippen LogP contribution in [0.3, 0.4) is 0 Å². The third kappa shape index (κ3) is 4.69. The van der Waals surface area contributed by atoms with Gasteiger partial charge in [0, 0.05) is 24.7 Å². The molecule has 0 unspecified atom stereocenters. The van der Waals surface area contributed by atoms with Crippen LogP contribution in [0.1, 0.15) is 28.5 Å². The number of nitrogens with two attached hydrogens (primary N) is 1. The number of carbonyl (C=O) groups excluding carboxylic acids is 2. The molecule has 3 N–H and O–H groups in total. The molecular weight excluding hydrogens is 486 g/mol. The van der Waals surface area contributed by atoms with Crippen molar-refractivity contribution >= 4 is 39.6 Å². The molecule has 3 aromatic heterocycles. The molecule has 2 amide bonds. The summed E-state index contributed by atoms with van der Waals surface area (Å²) in [7, 11) is 1.64. The number of hydrogen-bond acceptors (Lipinski definition) is 7. The van der Waals surface area contributed by atoms with Gasteiger partial charge in [-0.05, 0) is 25.1 Å². The zero-order chi connectivity index (χ0) is 26.2. The molecule has 188 valence electrons. The molecule has 0 spiro atoms. The molecule has 3 heterocycles. The van der Waals surface area contributed by atoms with Gasteiger partial charge in [-0.25, -0.2) is 24.6 Å². The summed E-state index contributed by atoms with van der Waals surface area (Å²) in [4.78, 5) is 33.3. The monoisotopic (exact) mass is 505 g/mol. The van der Waals surface area contributed by atoms with Crippen molar-refractivity contribution in [3.8, 4) is 0 Å². The highest BCUT2D eigenvalue weighted by molar-refractivity contribution is 6.10. The lowest BCUT2D eigenvalue weighted by atomic mass is 10.1. The molecule has 0 aliphatic carbocycles. The molecule has 4 rings (SSSR count). The number of nitrogens with one attached hydrogen (secondary N) is 1. The summed E-state index contributed by atoms with van der Waals surface area (Å²) in [5.41, 5.74) is 7.35. The van der Waals surface area contributed by atoms with Gasteiger partial charge in [-0.2, -0.15) is 18.3 Å². The molecule has 0 atom stereocenters. The highest BCUT2D eigenvalue weighted by Gasteiger charge is 2.31. The van der Waals surface area contributed by atoms with E-state index in [0.29, 0.717) is 27.5 Å². The number of aryl methyl sites for hydroxylation is 1. The fourth-order valence-electron chi connectivity index (χ4n) is 3.57. The van der Waals surface area contributed by atoms with Crippen LogP contribution in [0.2, 0.25) is 0 Å². The van der Waals surface area contributed by atoms with E-state index in [1.54, 1.807) is 7.05 Å². The number of ether oxygens (including phenoxy) is 1. The Hall–Kier alpha value is -4.49. The minimum absolute atomic E-state index is 0.00203. The number of aromatic nitrogens is 4. The van der Waals surface area contributed by atoms with Gasteiger partial charge in [-0.3, -0.25) is 14.5 Å². The van der Waals surface area contributed by atoms with Gasteiger partial charge >= 0.3 is 12.3 Å². The van der Waals surface area contributed by atoms with Crippen molar-refractivity contribution in [3.63, 3.8) is 0 Å². The number of benzene rings is 1. The lowest BCUT2D eigenvalue weighted by Crippen LogP contribution is -2.46. The number of amides is 2. The summed E-state index contributed by atoms with van der Waals surface area (Å²) < 4.78 is 59.9. The minimum atomic E-state index is -4.60. The van der Waals surface area contributed by atoms with E-state index in [1.807, 2.05) is 0 Å². The number of hydrogen-bond donors (Lipinski definition) is 2. The summed E-state index contributed by atoms with van der Waals surface area (Å²) in [6.45, 7) is 1.03. The smallest absolute Gasteiger partial charge is 0.426 e. The average molecular weight is 505 g/mol. The summed E-state index contributed by atoms with van der Waals surface area (Å²) in [6.07, 6.45) is -3.56. The van der Waals surface area contributed by atoms with Crippen molar-refractivity contribution in [2.75, 3.05) is 12.3 Å². The molecule has 0 saturated carbocycles. The maximum absolute atomic E-state index is 15.1. The first kappa shape index (κ1) is 24.6. The zero-order valence-electron chi connectivity index (χ0n) is 18.9. The second-order valence-corrected chi connectivity index (χ2v) is 7.64. The average Bonchev–Trinajstić information content (AvgIpc) is 3.20. The number of nitrogen functional groups attached to an aromatic ring is 1. The molecule has 36 heavy (non-hydrogen) atoms. The van der Waals surface area contributed by atoms with Crippen molar-refractivity contribution in [1.82, 2.24) is 30.2 Å². The standard InChI is InChI=1S/C22H19F4N7O3/c1-3-36-21(35)31-33(10-12-5-4-11(8-28-12)22(24,25)26)20(34)13-6-14-17(7-16(13)23)30-19(27)15-9-29-32(2)18(14)15/h4-9H,3,10H2,1-2H3,(H2,27,30)(H,31,35). The second kappa shape index (κ2) is 9.28. The van der Waals surface area contributed by atoms with Crippen molar-refractivity contribution in [2.45, 2.75) is 19.6 Å². The number of pyridine rings is 2. The molecule has 10 nitrogen and oxygen atoms in total. The first-order valence-electron chi connectivity index (χ1n) is 10.5. The molecule has 0 fully saturated rings. The number of hydrazine groups is 1. The Morgan fingerprint density at radius 3 is 2.58 bits per heavy atom. The van der Waals surface area contributed by atoms with Crippen LogP contribution >= 0.6 is 0 Å². The van der Waals surface area contributed by atoms with Gasteiger partial charge in [0.25, 0.3) is 5.91 Å². The normalized spacial score (nSPS) is 11.6. The zero-order valence-corrected chi connectivity index (χ0v) is 18.9. The van der Waals surface area contributed by atoms with Crippen LogP contribution in [-0.4, -0.2) is 43.4 Å². The fourth-order valence-corrected chi connectivity index (χ4v) is 3.57. The Morgan fingerprint density at radius 2 is 1.94 bits per heavy atom. The SMILES string of the molecule is CCOC(=O)NN(Cc1ccc(C(F)(F)F)cn1)C(=O)c1cc2c(cc1F)nc(N)c1cnn(C)c12. The highest BCUT2D eigenvalue weighted by atomic mass is 19.4. The molecular formula is C22H19F4N7O3. The van der Waals surface area contributed by atoms with E-state index in [-0.39, 0.29) is 23.6 Å². The van der Waals surface area contributed by atoms with E-state index in [2.05, 4.69) is 20.5 Å². The largest absolute Gasteiger partial charge is 0.449 e. The number of rotatable bonds is 4. The van der Waals surface area contributed by atoms with Crippen molar-refractivity contribution in [3.05, 3.63) is 59.3 Å². The predicted octanol–water partition coefficient (Wildman–Crippen LogP) is 3.56. The highest BCUT2D eigenvalue weighted by Crippen LogP contribution is 2.30. The molecule has 4 aromatic rings. The van der Waals surface area contributed by atoms with Gasteiger partial charge in [0.1, 0.15) is 11.6 Å². The molecule has 0 aliphatic rings. The maximum Gasteiger partial charge on any atom is 0.426 e. The second-order valence-electron chi connectivity index (χ2n) is 7.64. The number of fused-ring (bicyclic) bond motifs is 3. The van der Waals surface area contributed by atoms with E-state index in [9.17, 15) is 22.8 Å². The van der Waals surface area contributed by atoms with Gasteiger partial charge in [0.05, 0.1) is 52.6 Å². The van der Waals surface area contributed by atoms with E-state index >= 15 is 4.39 Å². The van der Waals surface area contributed by atoms with Gasteiger partial charge in [0.15, 0.2) is 0 Å². The molecule has 14 heteroatoms. The third-order valence-corrected chi connectivity index (χ3v) is 5.25. The maximum atomic E-state index is 15.1. The van der Waals surface area contributed by atoms with Crippen molar-refractivity contribution < 1.29 is 31.9 Å². The third-order valence-electron chi connectivity index (χ3n) is 5.25. The van der Waals surface area contributed by atoms with Gasteiger partial charge < -0.3 is 10.5 Å². The molecule has 0 saturated heterocycles. The molecule has 1 aromatic carbocycles. The minimum Gasteiger partial charge on any atom is -0.449 e. The summed E-state index contributed by atoms with van der Waals surface area (Å²) in [5.74, 6) is -1.84. The van der Waals surface area contributed by atoms with Crippen LogP contribution in [0.15, 0.2) is 36.7 Å². The Morgan fingerprint density at radius 1 is 1.19 bits per heavy atom. The van der Waals surface area contributed by atoms with E-state index in [1.165, 1.54) is 23.9 Å². The van der Waals surface area contributed by atoms with E-state index < -0.39 is 41.7 Å². The van der Waals surface area contributed by atoms with Crippen molar-refractivity contribution in [2.24, 2.45) is 7.05 Å². The Kier molecular flexibility index (Phi) is 6.35. The topological polar surface area (TPSA) is 128 Å². The number of nitrogens with zero attached hydrogens (tertiary/aromatic N) is 5. The van der Waals surface area contributed by atoms with Crippen LogP contribution < -0.4 is 11.2 Å². The van der Waals surface area contributed by atoms with E-state index in [0.717, 1.165) is 18.2 Å². The van der Waals surface area contributed by atoms with Crippen LogP contribution in [0.25, 0.3) is 21.8 Å². The quantitative estimate of drug-likeness (QED) is 0.321. The Balaban J connectivity index is 1.75. The van der Waals surface area contributed by atoms with E-state index in [4.69, 9.17) is 10.5 Å². The lowest BCUT2D eigenvalue weighted by molar-refractivity contribution is -0.137. The first-order chi connectivity index (χ1) is 17.0. The van der Waals surface area contributed by atoms with Gasteiger partial charge in [-0.15, -0.1) is 0 Å². The van der Waals surface area contributed by atoms with Crippen LogP contribution in [-0.2, 0) is 24.5 Å². The number of alkyl halides is 3. The lowest BCUT2D eigenvalue weighted by Gasteiger charge is -2.23. The van der Waals surface area contributed by atoms with Gasteiger partial charge in [0.2, 0.25) is 0 Å². The van der Waals surface area contributed by atoms with Crippen LogP contribution in [0.5, 0.6) is 0 Å².